The van der Waals surface area contributed by atoms with Gasteiger partial charge in [0.2, 0.25) is 0 Å². The Labute approximate surface area is 221 Å². The zero-order chi connectivity index (χ0) is 28.7. The van der Waals surface area contributed by atoms with E-state index in [9.17, 15) is 31.5 Å². The number of hydrogen-bond acceptors (Lipinski definition) is 4. The van der Waals surface area contributed by atoms with Crippen LogP contribution in [0, 0.1) is 17.6 Å². The molecular weight excluding hydrogens is 523 g/mol. The van der Waals surface area contributed by atoms with Crippen molar-refractivity contribution in [3.8, 4) is 16.9 Å². The van der Waals surface area contributed by atoms with Gasteiger partial charge < -0.3 is 20.5 Å². The number of benzene rings is 3. The third kappa shape index (κ3) is 8.17. The van der Waals surface area contributed by atoms with Gasteiger partial charge in [-0.2, -0.15) is 13.2 Å². The van der Waals surface area contributed by atoms with Crippen LogP contribution in [0.15, 0.2) is 60.7 Å². The van der Waals surface area contributed by atoms with Crippen molar-refractivity contribution in [2.45, 2.75) is 32.5 Å². The average molecular weight is 551 g/mol. The number of nitrogens with one attached hydrogen (secondary N) is 2. The molecule has 39 heavy (non-hydrogen) atoms. The molecule has 3 N–H and O–H groups in total. The number of alkyl halides is 3. The lowest BCUT2D eigenvalue weighted by molar-refractivity contribution is -0.138. The maximum atomic E-state index is 14.8. The number of carbonyl (C=O) groups excluding carboxylic acids is 1. The quantitative estimate of drug-likeness (QED) is 0.242. The lowest BCUT2D eigenvalue weighted by atomic mass is 10.0. The number of rotatable bonds is 11. The zero-order valence-electron chi connectivity index (χ0n) is 21.1. The van der Waals surface area contributed by atoms with E-state index in [-0.39, 0.29) is 48.4 Å². The number of carboxylic acids is 1. The molecule has 6 nitrogen and oxygen atoms in total. The van der Waals surface area contributed by atoms with Crippen molar-refractivity contribution in [2.24, 2.45) is 5.92 Å². The van der Waals surface area contributed by atoms with Crippen LogP contribution in [0.2, 0.25) is 0 Å². The van der Waals surface area contributed by atoms with E-state index < -0.39 is 35.3 Å². The van der Waals surface area contributed by atoms with Crippen LogP contribution in [0.3, 0.4) is 0 Å². The van der Waals surface area contributed by atoms with Gasteiger partial charge in [-0.1, -0.05) is 19.9 Å². The molecule has 3 rings (SSSR count). The molecule has 0 bridgehead atoms. The molecular formula is C28H27F5N2O4. The summed E-state index contributed by atoms with van der Waals surface area (Å²) >= 11 is 0. The summed E-state index contributed by atoms with van der Waals surface area (Å²) in [5.41, 5.74) is -0.598. The highest BCUT2D eigenvalue weighted by Gasteiger charge is 2.31. The Kier molecular flexibility index (Phi) is 9.50. The van der Waals surface area contributed by atoms with Gasteiger partial charge in [0.1, 0.15) is 24.0 Å². The zero-order valence-corrected chi connectivity index (χ0v) is 21.1. The van der Waals surface area contributed by atoms with Crippen LogP contribution >= 0.6 is 0 Å². The van der Waals surface area contributed by atoms with Crippen LogP contribution in [0.1, 0.15) is 36.2 Å². The van der Waals surface area contributed by atoms with Crippen molar-refractivity contribution >= 4 is 17.6 Å². The summed E-state index contributed by atoms with van der Waals surface area (Å²) < 4.78 is 73.2. The van der Waals surface area contributed by atoms with Gasteiger partial charge in [0, 0.05) is 35.0 Å². The van der Waals surface area contributed by atoms with Crippen molar-refractivity contribution in [1.29, 1.82) is 0 Å². The lowest BCUT2D eigenvalue weighted by Crippen LogP contribution is -2.32. The molecule has 0 aliphatic rings. The molecule has 1 atom stereocenters. The maximum Gasteiger partial charge on any atom is 0.416 e. The first-order valence-corrected chi connectivity index (χ1v) is 12.0. The van der Waals surface area contributed by atoms with Crippen molar-refractivity contribution in [1.82, 2.24) is 5.32 Å². The highest BCUT2D eigenvalue weighted by Crippen LogP contribution is 2.34. The Hall–Kier alpha value is -4.15. The fraction of sp³-hybridized carbons (Fsp3) is 0.286. The minimum atomic E-state index is -4.71. The number of amides is 1. The molecule has 3 aromatic rings. The van der Waals surface area contributed by atoms with Gasteiger partial charge >= 0.3 is 12.1 Å². The first-order chi connectivity index (χ1) is 18.3. The third-order valence-corrected chi connectivity index (χ3v) is 5.89. The number of aliphatic carboxylic acids is 1. The van der Waals surface area contributed by atoms with E-state index in [1.807, 2.05) is 13.8 Å². The summed E-state index contributed by atoms with van der Waals surface area (Å²) in [6.45, 7) is 4.04. The molecule has 0 fully saturated rings. The lowest BCUT2D eigenvalue weighted by Gasteiger charge is -2.24. The van der Waals surface area contributed by atoms with E-state index in [0.29, 0.717) is 23.4 Å². The second-order valence-corrected chi connectivity index (χ2v) is 9.12. The minimum Gasteiger partial charge on any atom is -0.491 e. The highest BCUT2D eigenvalue weighted by atomic mass is 19.4. The van der Waals surface area contributed by atoms with Crippen LogP contribution in [0.5, 0.6) is 5.75 Å². The molecule has 1 unspecified atom stereocenters. The third-order valence-electron chi connectivity index (χ3n) is 5.89. The van der Waals surface area contributed by atoms with Crippen molar-refractivity contribution in [2.75, 3.05) is 18.5 Å². The van der Waals surface area contributed by atoms with Gasteiger partial charge in [-0.05, 0) is 54.4 Å². The van der Waals surface area contributed by atoms with Crippen LogP contribution < -0.4 is 15.4 Å². The monoisotopic (exact) mass is 550 g/mol. The number of carbonyl (C=O) groups is 2. The molecule has 3 aromatic carbocycles. The fourth-order valence-corrected chi connectivity index (χ4v) is 3.62. The van der Waals surface area contributed by atoms with Crippen LogP contribution in [0.25, 0.3) is 11.1 Å². The largest absolute Gasteiger partial charge is 0.491 e. The smallest absolute Gasteiger partial charge is 0.416 e. The van der Waals surface area contributed by atoms with Gasteiger partial charge in [0.15, 0.2) is 0 Å². The molecule has 0 aliphatic heterocycles. The standard InChI is InChI=1S/C28H27F5N2O4/c1-16(2)25(35-19-6-3-17(4-7-19)27(38)34-12-11-26(36)37)15-39-20-8-10-22(24(30)14-20)21-9-5-18(13-23(21)29)28(31,32)33/h3-10,13-14,16,25,35H,11-12,15H2,1-2H3,(H,34,38)(H,36,37). The fourth-order valence-electron chi connectivity index (χ4n) is 3.62. The summed E-state index contributed by atoms with van der Waals surface area (Å²) in [5, 5.41) is 14.5. The molecule has 0 saturated heterocycles. The normalized spacial score (nSPS) is 12.2. The average Bonchev–Trinajstić information content (AvgIpc) is 2.86. The summed E-state index contributed by atoms with van der Waals surface area (Å²) in [4.78, 5) is 22.7. The predicted molar refractivity (Wildman–Crippen MR) is 136 cm³/mol. The van der Waals surface area contributed by atoms with Gasteiger partial charge in [0.05, 0.1) is 18.0 Å². The van der Waals surface area contributed by atoms with E-state index in [2.05, 4.69) is 10.6 Å². The SMILES string of the molecule is CC(C)C(COc1ccc(-c2ccc(C(F)(F)F)cc2F)c(F)c1)Nc1ccc(C(=O)NCCC(=O)O)cc1. The van der Waals surface area contributed by atoms with E-state index in [1.54, 1.807) is 24.3 Å². The van der Waals surface area contributed by atoms with E-state index >= 15 is 0 Å². The Morgan fingerprint density at radius 3 is 2.08 bits per heavy atom. The molecule has 0 spiro atoms. The van der Waals surface area contributed by atoms with E-state index in [0.717, 1.165) is 12.1 Å². The number of ether oxygens (including phenoxy) is 1. The Morgan fingerprint density at radius 2 is 1.54 bits per heavy atom. The molecule has 0 aromatic heterocycles. The molecule has 0 saturated carbocycles. The maximum absolute atomic E-state index is 14.8. The summed E-state index contributed by atoms with van der Waals surface area (Å²) in [5.74, 6) is -3.21. The summed E-state index contributed by atoms with van der Waals surface area (Å²) in [6.07, 6.45) is -4.89. The molecule has 0 radical (unpaired) electrons. The Balaban J connectivity index is 1.63. The molecule has 11 heteroatoms. The molecule has 1 amide bonds. The predicted octanol–water partition coefficient (Wildman–Crippen LogP) is 6.37. The van der Waals surface area contributed by atoms with Crippen molar-refractivity contribution in [3.63, 3.8) is 0 Å². The second-order valence-electron chi connectivity index (χ2n) is 9.12. The summed E-state index contributed by atoms with van der Waals surface area (Å²) in [7, 11) is 0. The minimum absolute atomic E-state index is 0.0157. The van der Waals surface area contributed by atoms with Gasteiger partial charge in [-0.15, -0.1) is 0 Å². The first kappa shape index (κ1) is 29.4. The second kappa shape index (κ2) is 12.6. The van der Waals surface area contributed by atoms with Gasteiger partial charge in [-0.25, -0.2) is 8.78 Å². The Bertz CT molecular complexity index is 1310. The highest BCUT2D eigenvalue weighted by molar-refractivity contribution is 5.94. The van der Waals surface area contributed by atoms with E-state index in [1.165, 1.54) is 12.1 Å². The topological polar surface area (TPSA) is 87.7 Å². The number of hydrogen-bond donors (Lipinski definition) is 3. The molecule has 0 aliphatic carbocycles. The number of halogens is 5. The number of anilines is 1. The van der Waals surface area contributed by atoms with Crippen molar-refractivity contribution < 1.29 is 41.4 Å². The Morgan fingerprint density at radius 1 is 0.923 bits per heavy atom. The summed E-state index contributed by atoms with van der Waals surface area (Å²) in [6, 6.07) is 11.9. The number of carboxylic acid groups (broad SMARTS) is 1. The first-order valence-electron chi connectivity index (χ1n) is 12.0. The van der Waals surface area contributed by atoms with Crippen LogP contribution in [-0.4, -0.2) is 36.2 Å². The van der Waals surface area contributed by atoms with Crippen LogP contribution in [-0.2, 0) is 11.0 Å². The molecule has 0 heterocycles. The van der Waals surface area contributed by atoms with Gasteiger partial charge in [0.25, 0.3) is 5.91 Å². The molecule has 208 valence electrons. The van der Waals surface area contributed by atoms with Crippen molar-refractivity contribution in [3.05, 3.63) is 83.4 Å². The van der Waals surface area contributed by atoms with E-state index in [4.69, 9.17) is 9.84 Å². The van der Waals surface area contributed by atoms with Crippen LogP contribution in [0.4, 0.5) is 27.6 Å². The van der Waals surface area contributed by atoms with Gasteiger partial charge in [-0.3, -0.25) is 9.59 Å².